The van der Waals surface area contributed by atoms with Gasteiger partial charge in [-0.15, -0.1) is 0 Å². The Kier molecular flexibility index (Phi) is 5.93. The lowest BCUT2D eigenvalue weighted by molar-refractivity contribution is 0.295. The van der Waals surface area contributed by atoms with Crippen molar-refractivity contribution in [1.82, 2.24) is 0 Å². The van der Waals surface area contributed by atoms with E-state index < -0.39 is 11.6 Å². The van der Waals surface area contributed by atoms with E-state index in [4.69, 9.17) is 4.74 Å². The summed E-state index contributed by atoms with van der Waals surface area (Å²) >= 11 is 0. The lowest BCUT2D eigenvalue weighted by atomic mass is 9.86. The summed E-state index contributed by atoms with van der Waals surface area (Å²) in [7, 11) is 0. The number of hydrogen-bond donors (Lipinski definition) is 0. The zero-order valence-corrected chi connectivity index (χ0v) is 15.2. The number of hydrogen-bond acceptors (Lipinski definition) is 1. The molecule has 0 amide bonds. The molecule has 0 bridgehead atoms. The summed E-state index contributed by atoms with van der Waals surface area (Å²) in [6.45, 7) is 4.52. The third kappa shape index (κ3) is 3.65. The highest BCUT2D eigenvalue weighted by atomic mass is 19.2. The molecule has 1 aromatic rings. The predicted molar refractivity (Wildman–Crippen MR) is 98.5 cm³/mol. The first kappa shape index (κ1) is 18.2. The SMILES string of the molecule is CCC/C=C/C1CCC2C(c3ccc(OCCC)c(F)c3F)=CCC12. The molecule has 3 atom stereocenters. The summed E-state index contributed by atoms with van der Waals surface area (Å²) in [4.78, 5) is 0. The molecule has 136 valence electrons. The van der Waals surface area contributed by atoms with E-state index in [1.807, 2.05) is 6.92 Å². The minimum atomic E-state index is -0.854. The molecule has 2 aliphatic rings. The first-order valence-electron chi connectivity index (χ1n) is 9.65. The molecule has 3 unspecified atom stereocenters. The summed E-state index contributed by atoms with van der Waals surface area (Å²) < 4.78 is 34.3. The first-order valence-corrected chi connectivity index (χ1v) is 9.65. The van der Waals surface area contributed by atoms with E-state index >= 15 is 0 Å². The first-order chi connectivity index (χ1) is 12.2. The van der Waals surface area contributed by atoms with E-state index in [0.29, 0.717) is 29.9 Å². The van der Waals surface area contributed by atoms with E-state index in [1.165, 1.54) is 0 Å². The average molecular weight is 346 g/mol. The molecule has 0 heterocycles. The standard InChI is InChI=1S/C22H28F2O/c1-3-5-6-7-15-8-9-17-16(15)10-11-18(17)19-12-13-20(25-14-4-2)22(24)21(19)23/h6-7,11-13,15-17H,3-5,8-10,14H2,1-2H3/b7-6+. The number of halogens is 2. The lowest BCUT2D eigenvalue weighted by Crippen LogP contribution is -2.10. The Morgan fingerprint density at radius 2 is 1.96 bits per heavy atom. The van der Waals surface area contributed by atoms with E-state index in [0.717, 1.165) is 44.1 Å². The molecule has 3 heteroatoms. The fourth-order valence-electron chi connectivity index (χ4n) is 4.30. The maximum atomic E-state index is 14.6. The molecule has 0 N–H and O–H groups in total. The van der Waals surface area contributed by atoms with Crippen molar-refractivity contribution in [1.29, 1.82) is 0 Å². The van der Waals surface area contributed by atoms with Crippen LogP contribution in [-0.4, -0.2) is 6.61 Å². The van der Waals surface area contributed by atoms with Gasteiger partial charge in [0.2, 0.25) is 5.82 Å². The highest BCUT2D eigenvalue weighted by Gasteiger charge is 2.40. The Balaban J connectivity index is 1.77. The molecule has 1 aromatic carbocycles. The maximum absolute atomic E-state index is 14.6. The van der Waals surface area contributed by atoms with Crippen LogP contribution in [0.1, 0.15) is 57.9 Å². The molecule has 25 heavy (non-hydrogen) atoms. The van der Waals surface area contributed by atoms with Crippen LogP contribution in [0.4, 0.5) is 8.78 Å². The van der Waals surface area contributed by atoms with Gasteiger partial charge >= 0.3 is 0 Å². The van der Waals surface area contributed by atoms with E-state index in [-0.39, 0.29) is 5.75 Å². The Hall–Kier alpha value is -1.64. The highest BCUT2D eigenvalue weighted by Crippen LogP contribution is 2.52. The second-order valence-electron chi connectivity index (χ2n) is 7.21. The van der Waals surface area contributed by atoms with Crippen molar-refractivity contribution >= 4 is 5.57 Å². The molecule has 3 rings (SSSR count). The van der Waals surface area contributed by atoms with Gasteiger partial charge in [-0.05, 0) is 67.6 Å². The summed E-state index contributed by atoms with van der Waals surface area (Å²) in [6, 6.07) is 3.27. The van der Waals surface area contributed by atoms with Gasteiger partial charge in [-0.25, -0.2) is 4.39 Å². The van der Waals surface area contributed by atoms with Crippen LogP contribution in [0.3, 0.4) is 0 Å². The molecule has 1 saturated carbocycles. The smallest absolute Gasteiger partial charge is 0.201 e. The Labute approximate surface area is 149 Å². The molecular formula is C22H28F2O. The predicted octanol–water partition coefficient (Wildman–Crippen LogP) is 6.54. The minimum absolute atomic E-state index is 0.0186. The van der Waals surface area contributed by atoms with Crippen LogP contribution < -0.4 is 4.74 Å². The molecule has 0 radical (unpaired) electrons. The molecule has 0 aromatic heterocycles. The van der Waals surface area contributed by atoms with E-state index in [9.17, 15) is 8.78 Å². The van der Waals surface area contributed by atoms with Gasteiger partial charge in [0.05, 0.1) is 6.61 Å². The molecule has 0 saturated heterocycles. The van der Waals surface area contributed by atoms with E-state index in [1.54, 1.807) is 12.1 Å². The molecule has 1 fully saturated rings. The van der Waals surface area contributed by atoms with Gasteiger partial charge in [-0.2, -0.15) is 4.39 Å². The number of fused-ring (bicyclic) bond motifs is 1. The average Bonchev–Trinajstić information content (AvgIpc) is 3.20. The lowest BCUT2D eigenvalue weighted by Gasteiger charge is -2.19. The zero-order chi connectivity index (χ0) is 17.8. The van der Waals surface area contributed by atoms with Gasteiger partial charge in [0.15, 0.2) is 11.6 Å². The summed E-state index contributed by atoms with van der Waals surface area (Å²) in [5, 5.41) is 0. The van der Waals surface area contributed by atoms with Gasteiger partial charge in [0.25, 0.3) is 0 Å². The van der Waals surface area contributed by atoms with Crippen molar-refractivity contribution in [3.63, 3.8) is 0 Å². The van der Waals surface area contributed by atoms with Crippen LogP contribution in [-0.2, 0) is 0 Å². The maximum Gasteiger partial charge on any atom is 0.201 e. The van der Waals surface area contributed by atoms with Crippen molar-refractivity contribution in [3.8, 4) is 5.75 Å². The molecule has 2 aliphatic carbocycles. The Morgan fingerprint density at radius 1 is 1.12 bits per heavy atom. The van der Waals surface area contributed by atoms with Crippen molar-refractivity contribution < 1.29 is 13.5 Å². The van der Waals surface area contributed by atoms with Crippen LogP contribution >= 0.6 is 0 Å². The van der Waals surface area contributed by atoms with E-state index in [2.05, 4.69) is 25.2 Å². The van der Waals surface area contributed by atoms with Crippen molar-refractivity contribution in [2.45, 2.75) is 52.4 Å². The van der Waals surface area contributed by atoms with Gasteiger partial charge in [0.1, 0.15) is 0 Å². The van der Waals surface area contributed by atoms with Crippen LogP contribution in [0.2, 0.25) is 0 Å². The highest BCUT2D eigenvalue weighted by molar-refractivity contribution is 5.71. The quantitative estimate of drug-likeness (QED) is 0.509. The number of benzene rings is 1. The summed E-state index contributed by atoms with van der Waals surface area (Å²) in [5.41, 5.74) is 1.42. The van der Waals surface area contributed by atoms with Crippen molar-refractivity contribution in [2.75, 3.05) is 6.61 Å². The van der Waals surface area contributed by atoms with Gasteiger partial charge < -0.3 is 4.74 Å². The van der Waals surface area contributed by atoms with Crippen LogP contribution in [0.15, 0.2) is 30.4 Å². The topological polar surface area (TPSA) is 9.23 Å². The van der Waals surface area contributed by atoms with Crippen LogP contribution in [0.25, 0.3) is 5.57 Å². The fourth-order valence-corrected chi connectivity index (χ4v) is 4.30. The normalized spacial score (nSPS) is 25.4. The molecular weight excluding hydrogens is 318 g/mol. The van der Waals surface area contributed by atoms with Crippen molar-refractivity contribution in [2.24, 2.45) is 17.8 Å². The van der Waals surface area contributed by atoms with Gasteiger partial charge in [0, 0.05) is 5.56 Å². The molecule has 0 spiro atoms. The fraction of sp³-hybridized carbons (Fsp3) is 0.545. The number of ether oxygens (including phenoxy) is 1. The molecule has 0 aliphatic heterocycles. The van der Waals surface area contributed by atoms with Crippen LogP contribution in [0.5, 0.6) is 5.75 Å². The number of rotatable bonds is 7. The largest absolute Gasteiger partial charge is 0.490 e. The second kappa shape index (κ2) is 8.16. The summed E-state index contributed by atoms with van der Waals surface area (Å²) in [5.74, 6) is -0.122. The van der Waals surface area contributed by atoms with Gasteiger partial charge in [-0.3, -0.25) is 0 Å². The number of unbranched alkanes of at least 4 members (excludes halogenated alkanes) is 1. The monoisotopic (exact) mass is 346 g/mol. The molecule has 1 nitrogen and oxygen atoms in total. The van der Waals surface area contributed by atoms with Gasteiger partial charge in [-0.1, -0.05) is 38.5 Å². The third-order valence-corrected chi connectivity index (χ3v) is 5.55. The zero-order valence-electron chi connectivity index (χ0n) is 15.2. The van der Waals surface area contributed by atoms with Crippen molar-refractivity contribution in [3.05, 3.63) is 47.6 Å². The summed E-state index contributed by atoms with van der Waals surface area (Å²) in [6.07, 6.45) is 13.0. The number of allylic oxidation sites excluding steroid dienone is 4. The third-order valence-electron chi connectivity index (χ3n) is 5.55. The Morgan fingerprint density at radius 3 is 2.72 bits per heavy atom. The minimum Gasteiger partial charge on any atom is -0.490 e. The van der Waals surface area contributed by atoms with Crippen LogP contribution in [0, 0.1) is 29.4 Å². The Bertz CT molecular complexity index is 662. The second-order valence-corrected chi connectivity index (χ2v) is 7.21.